The van der Waals surface area contributed by atoms with E-state index in [9.17, 15) is 9.59 Å². The number of carboxylic acids is 1. The topological polar surface area (TPSA) is 66.4 Å². The van der Waals surface area contributed by atoms with Gasteiger partial charge in [0.1, 0.15) is 0 Å². The summed E-state index contributed by atoms with van der Waals surface area (Å²) in [4.78, 5) is 22.3. The number of carbonyl (C=O) groups excluding carboxylic acids is 1. The lowest BCUT2D eigenvalue weighted by Crippen LogP contribution is -2.37. The van der Waals surface area contributed by atoms with Crippen LogP contribution in [0.15, 0.2) is 24.3 Å². The first-order valence-corrected chi connectivity index (χ1v) is 6.15. The molecule has 0 aliphatic heterocycles. The number of rotatable bonds is 6. The maximum absolute atomic E-state index is 11.8. The molecule has 0 spiro atoms. The Morgan fingerprint density at radius 1 is 1.39 bits per heavy atom. The molecule has 5 heteroatoms. The number of hydrogen-bond donors (Lipinski definition) is 2. The second-order valence-corrected chi connectivity index (χ2v) is 4.45. The van der Waals surface area contributed by atoms with Gasteiger partial charge < -0.3 is 10.4 Å². The predicted octanol–water partition coefficient (Wildman–Crippen LogP) is 2.25. The van der Waals surface area contributed by atoms with Gasteiger partial charge in [0.05, 0.1) is 12.8 Å². The highest BCUT2D eigenvalue weighted by molar-refractivity contribution is 6.31. The highest BCUT2D eigenvalue weighted by Crippen LogP contribution is 2.15. The van der Waals surface area contributed by atoms with E-state index in [1.807, 2.05) is 13.0 Å². The molecule has 0 heterocycles. The Hall–Kier alpha value is -1.55. The summed E-state index contributed by atoms with van der Waals surface area (Å²) in [6.45, 7) is 1.84. The molecule has 0 fully saturated rings. The van der Waals surface area contributed by atoms with Crippen molar-refractivity contribution in [3.8, 4) is 0 Å². The van der Waals surface area contributed by atoms with Crippen molar-refractivity contribution >= 4 is 23.5 Å². The molecule has 2 N–H and O–H groups in total. The summed E-state index contributed by atoms with van der Waals surface area (Å²) in [6, 6.07) is 6.77. The minimum absolute atomic E-state index is 0.0647. The van der Waals surface area contributed by atoms with Crippen LogP contribution in [0, 0.1) is 0 Å². The van der Waals surface area contributed by atoms with E-state index in [0.717, 1.165) is 5.56 Å². The van der Waals surface area contributed by atoms with E-state index in [1.165, 1.54) is 0 Å². The first-order chi connectivity index (χ1) is 8.52. The molecule has 0 saturated heterocycles. The summed E-state index contributed by atoms with van der Waals surface area (Å²) in [5.74, 6) is -1.13. The van der Waals surface area contributed by atoms with Gasteiger partial charge in [-0.25, -0.2) is 0 Å². The zero-order valence-electron chi connectivity index (χ0n) is 10.1. The Morgan fingerprint density at radius 3 is 2.61 bits per heavy atom. The first kappa shape index (κ1) is 14.5. The molecule has 0 aliphatic rings. The summed E-state index contributed by atoms with van der Waals surface area (Å²) in [5.41, 5.74) is 0.738. The quantitative estimate of drug-likeness (QED) is 0.832. The van der Waals surface area contributed by atoms with Crippen molar-refractivity contribution in [1.82, 2.24) is 5.32 Å². The molecule has 0 saturated carbocycles. The van der Waals surface area contributed by atoms with Crippen molar-refractivity contribution in [2.24, 2.45) is 0 Å². The molecular formula is C13H16ClNO3. The molecule has 1 atom stereocenters. The number of carbonyl (C=O) groups is 2. The van der Waals surface area contributed by atoms with Crippen molar-refractivity contribution in [2.75, 3.05) is 0 Å². The van der Waals surface area contributed by atoms with Crippen molar-refractivity contribution in [3.63, 3.8) is 0 Å². The lowest BCUT2D eigenvalue weighted by atomic mass is 10.1. The summed E-state index contributed by atoms with van der Waals surface area (Å²) < 4.78 is 0. The fourth-order valence-corrected chi connectivity index (χ4v) is 1.80. The summed E-state index contributed by atoms with van der Waals surface area (Å²) in [6.07, 6.45) is 0.682. The molecule has 0 aliphatic carbocycles. The van der Waals surface area contributed by atoms with Crippen molar-refractivity contribution in [3.05, 3.63) is 34.9 Å². The number of hydrogen-bond acceptors (Lipinski definition) is 2. The van der Waals surface area contributed by atoms with Crippen LogP contribution in [-0.2, 0) is 16.0 Å². The maximum Gasteiger partial charge on any atom is 0.305 e. The summed E-state index contributed by atoms with van der Waals surface area (Å²) in [7, 11) is 0. The molecule has 4 nitrogen and oxygen atoms in total. The van der Waals surface area contributed by atoms with Gasteiger partial charge in [0.2, 0.25) is 5.91 Å². The van der Waals surface area contributed by atoms with Crippen molar-refractivity contribution in [1.29, 1.82) is 0 Å². The third-order valence-electron chi connectivity index (χ3n) is 2.59. The fourth-order valence-electron chi connectivity index (χ4n) is 1.60. The van der Waals surface area contributed by atoms with Gasteiger partial charge in [0, 0.05) is 11.1 Å². The van der Waals surface area contributed by atoms with Crippen LogP contribution in [0.3, 0.4) is 0 Å². The Bertz CT molecular complexity index is 434. The highest BCUT2D eigenvalue weighted by Gasteiger charge is 2.14. The number of nitrogens with one attached hydrogen (secondary N) is 1. The van der Waals surface area contributed by atoms with Gasteiger partial charge in [-0.3, -0.25) is 9.59 Å². The Balaban J connectivity index is 2.55. The highest BCUT2D eigenvalue weighted by atomic mass is 35.5. The lowest BCUT2D eigenvalue weighted by Gasteiger charge is -2.15. The molecule has 1 rings (SSSR count). The van der Waals surface area contributed by atoms with Crippen LogP contribution < -0.4 is 5.32 Å². The van der Waals surface area contributed by atoms with E-state index in [-0.39, 0.29) is 24.8 Å². The SMILES string of the molecule is CCC(CC(=O)O)NC(=O)Cc1ccccc1Cl. The van der Waals surface area contributed by atoms with E-state index in [0.29, 0.717) is 11.4 Å². The standard InChI is InChI=1S/C13H16ClNO3/c1-2-10(8-13(17)18)15-12(16)7-9-5-3-4-6-11(9)14/h3-6,10H,2,7-8H2,1H3,(H,15,16)(H,17,18). The van der Waals surface area contributed by atoms with E-state index >= 15 is 0 Å². The van der Waals surface area contributed by atoms with Gasteiger partial charge in [-0.15, -0.1) is 0 Å². The molecule has 1 amide bonds. The van der Waals surface area contributed by atoms with Gasteiger partial charge >= 0.3 is 5.97 Å². The Morgan fingerprint density at radius 2 is 2.06 bits per heavy atom. The van der Waals surface area contributed by atoms with Crippen LogP contribution in [0.25, 0.3) is 0 Å². The first-order valence-electron chi connectivity index (χ1n) is 5.77. The van der Waals surface area contributed by atoms with Gasteiger partial charge in [-0.05, 0) is 18.1 Å². The van der Waals surface area contributed by atoms with Crippen LogP contribution in [0.2, 0.25) is 5.02 Å². The zero-order chi connectivity index (χ0) is 13.5. The minimum atomic E-state index is -0.917. The molecule has 98 valence electrons. The molecule has 1 aromatic rings. The summed E-state index contributed by atoms with van der Waals surface area (Å²) >= 11 is 5.95. The van der Waals surface area contributed by atoms with Gasteiger partial charge in [0.25, 0.3) is 0 Å². The third-order valence-corrected chi connectivity index (χ3v) is 2.96. The molecule has 0 radical (unpaired) electrons. The van der Waals surface area contributed by atoms with E-state index in [4.69, 9.17) is 16.7 Å². The Labute approximate surface area is 111 Å². The number of benzene rings is 1. The third kappa shape index (κ3) is 4.75. The smallest absolute Gasteiger partial charge is 0.305 e. The van der Waals surface area contributed by atoms with E-state index in [2.05, 4.69) is 5.32 Å². The van der Waals surface area contributed by atoms with Crippen LogP contribution in [0.4, 0.5) is 0 Å². The largest absolute Gasteiger partial charge is 0.481 e. The zero-order valence-corrected chi connectivity index (χ0v) is 10.9. The molecule has 1 aromatic carbocycles. The van der Waals surface area contributed by atoms with Crippen LogP contribution >= 0.6 is 11.6 Å². The molecular weight excluding hydrogens is 254 g/mol. The Kier molecular flexibility index (Phi) is 5.65. The van der Waals surface area contributed by atoms with Gasteiger partial charge in [-0.2, -0.15) is 0 Å². The maximum atomic E-state index is 11.8. The number of aliphatic carboxylic acids is 1. The number of halogens is 1. The molecule has 0 bridgehead atoms. The van der Waals surface area contributed by atoms with E-state index in [1.54, 1.807) is 18.2 Å². The molecule has 1 unspecified atom stereocenters. The average Bonchev–Trinajstić information content (AvgIpc) is 2.30. The fraction of sp³-hybridized carbons (Fsp3) is 0.385. The number of carboxylic acid groups (broad SMARTS) is 1. The van der Waals surface area contributed by atoms with Gasteiger partial charge in [-0.1, -0.05) is 36.7 Å². The van der Waals surface area contributed by atoms with E-state index < -0.39 is 5.97 Å². The lowest BCUT2D eigenvalue weighted by molar-refractivity contribution is -0.137. The summed E-state index contributed by atoms with van der Waals surface area (Å²) in [5, 5.41) is 11.9. The molecule has 18 heavy (non-hydrogen) atoms. The second kappa shape index (κ2) is 7.01. The normalized spacial score (nSPS) is 11.9. The minimum Gasteiger partial charge on any atom is -0.481 e. The van der Waals surface area contributed by atoms with Crippen LogP contribution in [0.1, 0.15) is 25.3 Å². The predicted molar refractivity (Wildman–Crippen MR) is 69.6 cm³/mol. The van der Waals surface area contributed by atoms with Crippen LogP contribution in [-0.4, -0.2) is 23.0 Å². The second-order valence-electron chi connectivity index (χ2n) is 4.04. The molecule has 0 aromatic heterocycles. The monoisotopic (exact) mass is 269 g/mol. The number of amides is 1. The van der Waals surface area contributed by atoms with Crippen molar-refractivity contribution in [2.45, 2.75) is 32.2 Å². The van der Waals surface area contributed by atoms with Crippen molar-refractivity contribution < 1.29 is 14.7 Å². The van der Waals surface area contributed by atoms with Crippen LogP contribution in [0.5, 0.6) is 0 Å². The average molecular weight is 270 g/mol. The van der Waals surface area contributed by atoms with Gasteiger partial charge in [0.15, 0.2) is 0 Å².